The molecule has 0 N–H and O–H groups in total. The van der Waals surface area contributed by atoms with Crippen LogP contribution in [0.15, 0.2) is 0 Å². The van der Waals surface area contributed by atoms with Crippen LogP contribution in [-0.2, 0) is 4.79 Å². The fraction of sp³-hybridized carbons (Fsp3) is 0.923. The SMILES string of the molecule is CCC1CCCN(CC(=O)C2CC2)CC1. The van der Waals surface area contributed by atoms with Crippen molar-refractivity contribution in [2.45, 2.75) is 45.4 Å². The Kier molecular flexibility index (Phi) is 3.79. The van der Waals surface area contributed by atoms with Gasteiger partial charge >= 0.3 is 0 Å². The minimum absolute atomic E-state index is 0.440. The van der Waals surface area contributed by atoms with Gasteiger partial charge in [0.05, 0.1) is 6.54 Å². The number of nitrogens with zero attached hydrogens (tertiary/aromatic N) is 1. The largest absolute Gasteiger partial charge is 0.298 e. The molecule has 2 aliphatic rings. The molecule has 0 aromatic carbocycles. The number of hydrogen-bond donors (Lipinski definition) is 0. The minimum atomic E-state index is 0.440. The summed E-state index contributed by atoms with van der Waals surface area (Å²) in [6.45, 7) is 5.32. The van der Waals surface area contributed by atoms with Crippen molar-refractivity contribution in [3.63, 3.8) is 0 Å². The highest BCUT2D eigenvalue weighted by Gasteiger charge is 2.30. The van der Waals surface area contributed by atoms with E-state index >= 15 is 0 Å². The molecule has 2 heteroatoms. The number of Topliss-reactive ketones (excluding diaryl/α,β-unsaturated/α-hetero) is 1. The molecule has 0 radical (unpaired) electrons. The maximum Gasteiger partial charge on any atom is 0.149 e. The normalized spacial score (nSPS) is 28.7. The van der Waals surface area contributed by atoms with Gasteiger partial charge in [-0.15, -0.1) is 0 Å². The maximum absolute atomic E-state index is 11.7. The van der Waals surface area contributed by atoms with Crippen LogP contribution in [-0.4, -0.2) is 30.3 Å². The Bertz CT molecular complexity index is 223. The second-order valence-corrected chi connectivity index (χ2v) is 5.22. The zero-order chi connectivity index (χ0) is 10.7. The van der Waals surface area contributed by atoms with E-state index in [-0.39, 0.29) is 0 Å². The number of carbonyl (C=O) groups is 1. The summed E-state index contributed by atoms with van der Waals surface area (Å²) in [5.74, 6) is 1.85. The van der Waals surface area contributed by atoms with E-state index in [9.17, 15) is 4.79 Å². The average molecular weight is 209 g/mol. The molecule has 2 nitrogen and oxygen atoms in total. The predicted molar refractivity (Wildman–Crippen MR) is 61.8 cm³/mol. The monoisotopic (exact) mass is 209 g/mol. The van der Waals surface area contributed by atoms with Crippen molar-refractivity contribution in [1.82, 2.24) is 4.90 Å². The minimum Gasteiger partial charge on any atom is -0.298 e. The average Bonchev–Trinajstić information content (AvgIpc) is 3.05. The van der Waals surface area contributed by atoms with Gasteiger partial charge in [-0.05, 0) is 51.1 Å². The van der Waals surface area contributed by atoms with Crippen LogP contribution < -0.4 is 0 Å². The Morgan fingerprint density at radius 3 is 2.67 bits per heavy atom. The Hall–Kier alpha value is -0.370. The number of hydrogen-bond acceptors (Lipinski definition) is 2. The molecule has 0 aromatic rings. The van der Waals surface area contributed by atoms with Crippen LogP contribution in [0, 0.1) is 11.8 Å². The van der Waals surface area contributed by atoms with E-state index in [0.29, 0.717) is 11.7 Å². The first-order valence-electron chi connectivity index (χ1n) is 6.54. The van der Waals surface area contributed by atoms with Gasteiger partial charge in [0.1, 0.15) is 5.78 Å². The molecule has 0 aromatic heterocycles. The molecule has 1 saturated heterocycles. The Balaban J connectivity index is 1.75. The lowest BCUT2D eigenvalue weighted by molar-refractivity contribution is -0.121. The zero-order valence-corrected chi connectivity index (χ0v) is 9.87. The lowest BCUT2D eigenvalue weighted by Crippen LogP contribution is -2.31. The summed E-state index contributed by atoms with van der Waals surface area (Å²) in [4.78, 5) is 14.1. The summed E-state index contributed by atoms with van der Waals surface area (Å²) in [6.07, 6.45) is 7.58. The van der Waals surface area contributed by atoms with Crippen molar-refractivity contribution >= 4 is 5.78 Å². The van der Waals surface area contributed by atoms with Gasteiger partial charge in [-0.2, -0.15) is 0 Å². The smallest absolute Gasteiger partial charge is 0.149 e. The van der Waals surface area contributed by atoms with Crippen LogP contribution in [0.4, 0.5) is 0 Å². The van der Waals surface area contributed by atoms with Crippen LogP contribution in [0.1, 0.15) is 45.4 Å². The highest BCUT2D eigenvalue weighted by molar-refractivity contribution is 5.84. The topological polar surface area (TPSA) is 20.3 Å². The van der Waals surface area contributed by atoms with Crippen molar-refractivity contribution < 1.29 is 4.79 Å². The molecule has 1 unspecified atom stereocenters. The van der Waals surface area contributed by atoms with E-state index in [1.807, 2.05) is 0 Å². The summed E-state index contributed by atoms with van der Waals surface area (Å²) < 4.78 is 0. The van der Waals surface area contributed by atoms with Crippen molar-refractivity contribution in [2.24, 2.45) is 11.8 Å². The van der Waals surface area contributed by atoms with Crippen LogP contribution in [0.25, 0.3) is 0 Å². The molecule has 1 heterocycles. The Labute approximate surface area is 93.0 Å². The van der Waals surface area contributed by atoms with Gasteiger partial charge in [-0.1, -0.05) is 13.3 Å². The number of likely N-dealkylation sites (tertiary alicyclic amines) is 1. The standard InChI is InChI=1S/C13H23NO/c1-2-11-4-3-8-14(9-7-11)10-13(15)12-5-6-12/h11-12H,2-10H2,1H3. The number of rotatable bonds is 4. The lowest BCUT2D eigenvalue weighted by atomic mass is 9.98. The summed E-state index contributed by atoms with van der Waals surface area (Å²) in [5.41, 5.74) is 0. The fourth-order valence-electron chi connectivity index (χ4n) is 2.55. The molecule has 86 valence electrons. The molecule has 2 rings (SSSR count). The van der Waals surface area contributed by atoms with Gasteiger partial charge in [0.25, 0.3) is 0 Å². The van der Waals surface area contributed by atoms with Crippen LogP contribution in [0.5, 0.6) is 0 Å². The van der Waals surface area contributed by atoms with Crippen LogP contribution >= 0.6 is 0 Å². The van der Waals surface area contributed by atoms with E-state index in [1.54, 1.807) is 0 Å². The van der Waals surface area contributed by atoms with E-state index < -0.39 is 0 Å². The molecule has 1 atom stereocenters. The van der Waals surface area contributed by atoms with E-state index in [4.69, 9.17) is 0 Å². The van der Waals surface area contributed by atoms with Crippen molar-refractivity contribution in [1.29, 1.82) is 0 Å². The summed E-state index contributed by atoms with van der Waals surface area (Å²) in [7, 11) is 0. The number of carbonyl (C=O) groups excluding carboxylic acids is 1. The quantitative estimate of drug-likeness (QED) is 0.709. The van der Waals surface area contributed by atoms with E-state index in [2.05, 4.69) is 11.8 Å². The zero-order valence-electron chi connectivity index (χ0n) is 9.87. The van der Waals surface area contributed by atoms with Gasteiger partial charge in [0, 0.05) is 5.92 Å². The lowest BCUT2D eigenvalue weighted by Gasteiger charge is -2.18. The maximum atomic E-state index is 11.7. The third-order valence-corrected chi connectivity index (χ3v) is 3.93. The molecular weight excluding hydrogens is 186 g/mol. The molecule has 1 aliphatic heterocycles. The van der Waals surface area contributed by atoms with Crippen LogP contribution in [0.3, 0.4) is 0 Å². The predicted octanol–water partition coefficient (Wildman–Crippen LogP) is 2.48. The highest BCUT2D eigenvalue weighted by Crippen LogP contribution is 2.30. The molecule has 2 fully saturated rings. The van der Waals surface area contributed by atoms with Crippen molar-refractivity contribution in [3.05, 3.63) is 0 Å². The number of ketones is 1. The molecule has 1 saturated carbocycles. The van der Waals surface area contributed by atoms with E-state index in [0.717, 1.165) is 38.4 Å². The molecule has 0 spiro atoms. The highest BCUT2D eigenvalue weighted by atomic mass is 16.1. The first-order chi connectivity index (χ1) is 7.29. The third-order valence-electron chi connectivity index (χ3n) is 3.93. The molecular formula is C13H23NO. The Morgan fingerprint density at radius 2 is 2.00 bits per heavy atom. The van der Waals surface area contributed by atoms with Gasteiger partial charge in [-0.3, -0.25) is 9.69 Å². The van der Waals surface area contributed by atoms with Gasteiger partial charge in [0.15, 0.2) is 0 Å². The molecule has 1 aliphatic carbocycles. The second-order valence-electron chi connectivity index (χ2n) is 5.22. The molecule has 0 amide bonds. The first-order valence-corrected chi connectivity index (χ1v) is 6.54. The summed E-state index contributed by atoms with van der Waals surface area (Å²) in [6, 6.07) is 0. The van der Waals surface area contributed by atoms with Gasteiger partial charge in [0.2, 0.25) is 0 Å². The molecule has 0 bridgehead atoms. The van der Waals surface area contributed by atoms with Gasteiger partial charge in [-0.25, -0.2) is 0 Å². The second kappa shape index (κ2) is 5.11. The van der Waals surface area contributed by atoms with Crippen molar-refractivity contribution in [3.8, 4) is 0 Å². The first kappa shape index (κ1) is 11.1. The fourth-order valence-corrected chi connectivity index (χ4v) is 2.55. The van der Waals surface area contributed by atoms with Crippen molar-refractivity contribution in [2.75, 3.05) is 19.6 Å². The third kappa shape index (κ3) is 3.30. The summed E-state index contributed by atoms with van der Waals surface area (Å²) in [5, 5.41) is 0. The Morgan fingerprint density at radius 1 is 1.20 bits per heavy atom. The molecule has 15 heavy (non-hydrogen) atoms. The summed E-state index contributed by atoms with van der Waals surface area (Å²) >= 11 is 0. The van der Waals surface area contributed by atoms with Crippen LogP contribution in [0.2, 0.25) is 0 Å². The van der Waals surface area contributed by atoms with E-state index in [1.165, 1.54) is 25.7 Å². The van der Waals surface area contributed by atoms with Gasteiger partial charge < -0.3 is 0 Å².